The molecule has 5 atom stereocenters. The average molecular weight is 162 g/mol. The highest BCUT2D eigenvalue weighted by atomic mass is 16.7. The Kier molecular flexibility index (Phi) is 1.62. The van der Waals surface area contributed by atoms with E-state index < -0.39 is 30.7 Å². The van der Waals surface area contributed by atoms with Crippen LogP contribution in [-0.4, -0.2) is 52.6 Å². The van der Waals surface area contributed by atoms with Crippen molar-refractivity contribution in [3.8, 4) is 0 Å². The second-order valence-electron chi connectivity index (χ2n) is 2.85. The molecule has 0 saturated carbocycles. The predicted molar refractivity (Wildman–Crippen MR) is 32.6 cm³/mol. The molecule has 2 bridgehead atoms. The molecule has 1 unspecified atom stereocenters. The normalized spacial score (nSPS) is 56.5. The second-order valence-corrected chi connectivity index (χ2v) is 2.85. The van der Waals surface area contributed by atoms with E-state index in [0.717, 1.165) is 0 Å². The van der Waals surface area contributed by atoms with Gasteiger partial charge < -0.3 is 24.8 Å². The first-order valence-electron chi connectivity index (χ1n) is 3.51. The molecule has 11 heavy (non-hydrogen) atoms. The summed E-state index contributed by atoms with van der Waals surface area (Å²) in [7, 11) is 0. The van der Waals surface area contributed by atoms with E-state index in [4.69, 9.17) is 14.6 Å². The number of hydrogen-bond acceptors (Lipinski definition) is 5. The van der Waals surface area contributed by atoms with Gasteiger partial charge in [0.2, 0.25) is 0 Å². The van der Waals surface area contributed by atoms with Crippen LogP contribution in [0.25, 0.3) is 0 Å². The molecule has 0 aliphatic carbocycles. The Labute approximate surface area is 63.2 Å². The van der Waals surface area contributed by atoms with Crippen LogP contribution in [0.4, 0.5) is 0 Å². The van der Waals surface area contributed by atoms with Gasteiger partial charge in [0.25, 0.3) is 0 Å². The lowest BCUT2D eigenvalue weighted by molar-refractivity contribution is -0.228. The lowest BCUT2D eigenvalue weighted by Gasteiger charge is -2.32. The van der Waals surface area contributed by atoms with Crippen LogP contribution in [-0.2, 0) is 9.47 Å². The molecule has 3 N–H and O–H groups in total. The SMILES string of the molecule is O[C@@H]1[C@@H](O)[C@H]2COC(O2)[C@H]1O. The molecule has 2 aliphatic rings. The third kappa shape index (κ3) is 0.969. The number of rotatable bonds is 0. The minimum atomic E-state index is -1.15. The van der Waals surface area contributed by atoms with Crippen LogP contribution in [0.5, 0.6) is 0 Å². The highest BCUT2D eigenvalue weighted by molar-refractivity contribution is 4.92. The Morgan fingerprint density at radius 1 is 1.00 bits per heavy atom. The standard InChI is InChI=1S/C6H10O5/c7-3-2-1-10-6(11-2)5(9)4(3)8/h2-9H,1H2/t2-,3+,4-,5+,6?/m1/s1. The first-order chi connectivity index (χ1) is 5.20. The van der Waals surface area contributed by atoms with Crippen LogP contribution in [0, 0.1) is 0 Å². The summed E-state index contributed by atoms with van der Waals surface area (Å²) in [4.78, 5) is 0. The molecule has 0 amide bonds. The fourth-order valence-corrected chi connectivity index (χ4v) is 1.38. The van der Waals surface area contributed by atoms with E-state index in [9.17, 15) is 10.2 Å². The number of ether oxygens (including phenoxy) is 2. The molecule has 2 saturated heterocycles. The number of aliphatic hydroxyl groups is 3. The number of aliphatic hydroxyl groups excluding tert-OH is 3. The maximum Gasteiger partial charge on any atom is 0.186 e. The molecule has 64 valence electrons. The minimum absolute atomic E-state index is 0.236. The predicted octanol–water partition coefficient (Wildman–Crippen LogP) is -2.18. The van der Waals surface area contributed by atoms with Gasteiger partial charge in [-0.25, -0.2) is 0 Å². The van der Waals surface area contributed by atoms with Crippen molar-refractivity contribution in [2.45, 2.75) is 30.7 Å². The van der Waals surface area contributed by atoms with Crippen LogP contribution in [0.1, 0.15) is 0 Å². The van der Waals surface area contributed by atoms with Gasteiger partial charge in [-0.3, -0.25) is 0 Å². The molecular formula is C6H10O5. The highest BCUT2D eigenvalue weighted by Crippen LogP contribution is 2.27. The van der Waals surface area contributed by atoms with Crippen LogP contribution in [0.3, 0.4) is 0 Å². The van der Waals surface area contributed by atoms with E-state index in [1.165, 1.54) is 0 Å². The van der Waals surface area contributed by atoms with Gasteiger partial charge in [-0.2, -0.15) is 0 Å². The van der Waals surface area contributed by atoms with Crippen LogP contribution in [0.15, 0.2) is 0 Å². The number of fused-ring (bicyclic) bond motifs is 2. The van der Waals surface area contributed by atoms with Crippen molar-refractivity contribution in [3.63, 3.8) is 0 Å². The van der Waals surface area contributed by atoms with E-state index in [2.05, 4.69) is 0 Å². The molecule has 0 radical (unpaired) electrons. The highest BCUT2D eigenvalue weighted by Gasteiger charge is 2.48. The second kappa shape index (κ2) is 2.40. The monoisotopic (exact) mass is 162 g/mol. The summed E-state index contributed by atoms with van der Waals surface area (Å²) < 4.78 is 9.95. The van der Waals surface area contributed by atoms with Crippen LogP contribution >= 0.6 is 0 Å². The minimum Gasteiger partial charge on any atom is -0.387 e. The van der Waals surface area contributed by atoms with Crippen molar-refractivity contribution in [3.05, 3.63) is 0 Å². The third-order valence-corrected chi connectivity index (χ3v) is 2.09. The fourth-order valence-electron chi connectivity index (χ4n) is 1.38. The van der Waals surface area contributed by atoms with Crippen LogP contribution < -0.4 is 0 Å². The Morgan fingerprint density at radius 2 is 1.73 bits per heavy atom. The largest absolute Gasteiger partial charge is 0.387 e. The summed E-state index contributed by atoms with van der Waals surface area (Å²) in [6, 6.07) is 0. The van der Waals surface area contributed by atoms with Gasteiger partial charge in [0, 0.05) is 0 Å². The van der Waals surface area contributed by atoms with Crippen molar-refractivity contribution < 1.29 is 24.8 Å². The van der Waals surface area contributed by atoms with Crippen molar-refractivity contribution in [2.75, 3.05) is 6.61 Å². The Hall–Kier alpha value is -0.200. The quantitative estimate of drug-likeness (QED) is 0.377. The lowest BCUT2D eigenvalue weighted by Crippen LogP contribution is -2.53. The zero-order valence-corrected chi connectivity index (χ0v) is 5.75. The first kappa shape index (κ1) is 7.45. The Balaban J connectivity index is 2.16. The van der Waals surface area contributed by atoms with Crippen molar-refractivity contribution in [2.24, 2.45) is 0 Å². The van der Waals surface area contributed by atoms with E-state index in [0.29, 0.717) is 0 Å². The molecule has 0 spiro atoms. The lowest BCUT2D eigenvalue weighted by atomic mass is 10.0. The molecule has 0 aromatic rings. The fraction of sp³-hybridized carbons (Fsp3) is 1.00. The van der Waals surface area contributed by atoms with E-state index in [-0.39, 0.29) is 6.61 Å². The molecule has 0 aromatic heterocycles. The molecule has 2 fully saturated rings. The average Bonchev–Trinajstić information content (AvgIpc) is 2.44. The Morgan fingerprint density at radius 3 is 2.45 bits per heavy atom. The number of hydrogen-bond donors (Lipinski definition) is 3. The Bertz CT molecular complexity index is 141. The first-order valence-corrected chi connectivity index (χ1v) is 3.51. The van der Waals surface area contributed by atoms with Gasteiger partial charge >= 0.3 is 0 Å². The smallest absolute Gasteiger partial charge is 0.186 e. The van der Waals surface area contributed by atoms with E-state index >= 15 is 0 Å². The van der Waals surface area contributed by atoms with Gasteiger partial charge in [-0.05, 0) is 0 Å². The molecule has 0 aromatic carbocycles. The van der Waals surface area contributed by atoms with Crippen LogP contribution in [0.2, 0.25) is 0 Å². The summed E-state index contributed by atoms with van der Waals surface area (Å²) in [6.07, 6.45) is -4.58. The van der Waals surface area contributed by atoms with Gasteiger partial charge in [0.1, 0.15) is 24.4 Å². The van der Waals surface area contributed by atoms with Gasteiger partial charge in [-0.15, -0.1) is 0 Å². The summed E-state index contributed by atoms with van der Waals surface area (Å²) in [5.74, 6) is 0. The van der Waals surface area contributed by atoms with E-state index in [1.807, 2.05) is 0 Å². The third-order valence-electron chi connectivity index (χ3n) is 2.09. The summed E-state index contributed by atoms with van der Waals surface area (Å²) in [6.45, 7) is 0.236. The zero-order chi connectivity index (χ0) is 8.01. The topological polar surface area (TPSA) is 79.2 Å². The summed E-state index contributed by atoms with van der Waals surface area (Å²) in [5, 5.41) is 27.6. The summed E-state index contributed by atoms with van der Waals surface area (Å²) >= 11 is 0. The summed E-state index contributed by atoms with van der Waals surface area (Å²) in [5.41, 5.74) is 0. The van der Waals surface area contributed by atoms with E-state index in [1.54, 1.807) is 0 Å². The molecule has 5 nitrogen and oxygen atoms in total. The van der Waals surface area contributed by atoms with Crippen molar-refractivity contribution >= 4 is 0 Å². The van der Waals surface area contributed by atoms with Gasteiger partial charge in [0.15, 0.2) is 6.29 Å². The van der Waals surface area contributed by atoms with Gasteiger partial charge in [0.05, 0.1) is 6.61 Å². The molecular weight excluding hydrogens is 152 g/mol. The maximum atomic E-state index is 9.22. The maximum absolute atomic E-state index is 9.22. The molecule has 5 heteroatoms. The van der Waals surface area contributed by atoms with Crippen molar-refractivity contribution in [1.82, 2.24) is 0 Å². The van der Waals surface area contributed by atoms with Crippen molar-refractivity contribution in [1.29, 1.82) is 0 Å². The molecule has 2 heterocycles. The zero-order valence-electron chi connectivity index (χ0n) is 5.75. The van der Waals surface area contributed by atoms with Gasteiger partial charge in [-0.1, -0.05) is 0 Å². The molecule has 2 rings (SSSR count). The molecule has 2 aliphatic heterocycles.